The number of hydrogen-bond acceptors (Lipinski definition) is 1. The summed E-state index contributed by atoms with van der Waals surface area (Å²) < 4.78 is 0. The fourth-order valence-electron chi connectivity index (χ4n) is 1.32. The molecule has 0 radical (unpaired) electrons. The first-order valence-electron chi connectivity index (χ1n) is 5.10. The summed E-state index contributed by atoms with van der Waals surface area (Å²) in [6, 6.07) is 5.31. The Morgan fingerprint density at radius 1 is 1.31 bits per heavy atom. The summed E-state index contributed by atoms with van der Waals surface area (Å²) in [5.41, 5.74) is 3.10. The second kappa shape index (κ2) is 5.76. The van der Waals surface area contributed by atoms with Crippen molar-refractivity contribution in [3.63, 3.8) is 0 Å². The second-order valence-electron chi connectivity index (χ2n) is 3.48. The molecule has 82 valence electrons. The molecule has 0 saturated heterocycles. The molecule has 1 N–H and O–H groups in total. The van der Waals surface area contributed by atoms with E-state index in [0.717, 1.165) is 16.7 Å². The van der Waals surface area contributed by atoms with E-state index in [9.17, 15) is 5.11 Å². The van der Waals surface area contributed by atoms with Crippen LogP contribution < -0.4 is 0 Å². The number of phenols is 1. The van der Waals surface area contributed by atoms with Gasteiger partial charge in [-0.2, -0.15) is 0 Å². The Labute approximate surface area is 96.8 Å². The zero-order chi connectivity index (χ0) is 12.0. The summed E-state index contributed by atoms with van der Waals surface area (Å²) in [5, 5.41) is 9.38. The molecule has 0 aliphatic carbocycles. The van der Waals surface area contributed by atoms with Gasteiger partial charge in [0.1, 0.15) is 5.75 Å². The average molecular weight is 212 g/mol. The summed E-state index contributed by atoms with van der Waals surface area (Å²) >= 11 is 0. The Bertz CT molecular complexity index is 451. The third-order valence-corrected chi connectivity index (χ3v) is 2.26. The van der Waals surface area contributed by atoms with Crippen molar-refractivity contribution in [2.24, 2.45) is 0 Å². The van der Waals surface area contributed by atoms with Gasteiger partial charge in [0.25, 0.3) is 0 Å². The van der Waals surface area contributed by atoms with E-state index in [2.05, 4.69) is 13.2 Å². The molecule has 0 atom stereocenters. The molecule has 1 nitrogen and oxygen atoms in total. The lowest BCUT2D eigenvalue weighted by Crippen LogP contribution is -1.79. The van der Waals surface area contributed by atoms with Crippen LogP contribution >= 0.6 is 0 Å². The fourth-order valence-corrected chi connectivity index (χ4v) is 1.32. The summed E-state index contributed by atoms with van der Waals surface area (Å²) in [6.07, 6.45) is 9.25. The lowest BCUT2D eigenvalue weighted by atomic mass is 10.1. The predicted molar refractivity (Wildman–Crippen MR) is 70.4 cm³/mol. The standard InChI is InChI=1S/C15H16O/c1-4-6-13(5-2)8-9-14-11-15(16)10-7-12(14)3/h4-11,16H,1-2H2,3H3/b9-8+,13-6+. The van der Waals surface area contributed by atoms with E-state index in [1.165, 1.54) is 0 Å². The molecule has 0 amide bonds. The van der Waals surface area contributed by atoms with Crippen LogP contribution in [0.25, 0.3) is 6.08 Å². The maximum Gasteiger partial charge on any atom is 0.116 e. The maximum atomic E-state index is 9.38. The molecule has 0 saturated carbocycles. The molecular formula is C15H16O. The summed E-state index contributed by atoms with van der Waals surface area (Å²) in [6.45, 7) is 9.36. The van der Waals surface area contributed by atoms with Crippen molar-refractivity contribution < 1.29 is 5.11 Å². The molecule has 0 aliphatic heterocycles. The zero-order valence-electron chi connectivity index (χ0n) is 9.48. The van der Waals surface area contributed by atoms with Gasteiger partial charge >= 0.3 is 0 Å². The number of phenolic OH excluding ortho intramolecular Hbond substituents is 1. The summed E-state index contributed by atoms with van der Waals surface area (Å²) in [4.78, 5) is 0. The SMILES string of the molecule is C=C/C=C(C=C)/C=C/c1cc(O)ccc1C. The highest BCUT2D eigenvalue weighted by Crippen LogP contribution is 2.18. The van der Waals surface area contributed by atoms with Crippen LogP contribution in [0.1, 0.15) is 11.1 Å². The molecule has 0 aliphatic rings. The molecular weight excluding hydrogens is 196 g/mol. The smallest absolute Gasteiger partial charge is 0.116 e. The third kappa shape index (κ3) is 3.28. The van der Waals surface area contributed by atoms with Gasteiger partial charge in [-0.05, 0) is 35.8 Å². The molecule has 1 aromatic carbocycles. The van der Waals surface area contributed by atoms with Gasteiger partial charge in [-0.25, -0.2) is 0 Å². The number of benzene rings is 1. The first kappa shape index (κ1) is 12.1. The monoisotopic (exact) mass is 212 g/mol. The first-order chi connectivity index (χ1) is 7.67. The Balaban J connectivity index is 2.99. The van der Waals surface area contributed by atoms with Crippen LogP contribution in [-0.2, 0) is 0 Å². The van der Waals surface area contributed by atoms with E-state index >= 15 is 0 Å². The molecule has 0 fully saturated rings. The summed E-state index contributed by atoms with van der Waals surface area (Å²) in [5.74, 6) is 0.276. The van der Waals surface area contributed by atoms with E-state index in [-0.39, 0.29) is 5.75 Å². The summed E-state index contributed by atoms with van der Waals surface area (Å²) in [7, 11) is 0. The highest BCUT2D eigenvalue weighted by molar-refractivity contribution is 5.59. The van der Waals surface area contributed by atoms with Crippen LogP contribution in [0.5, 0.6) is 5.75 Å². The number of allylic oxidation sites excluding steroid dienone is 5. The maximum absolute atomic E-state index is 9.38. The topological polar surface area (TPSA) is 20.2 Å². The number of rotatable bonds is 4. The lowest BCUT2D eigenvalue weighted by molar-refractivity contribution is 0.475. The van der Waals surface area contributed by atoms with Gasteiger partial charge in [0.15, 0.2) is 0 Å². The minimum Gasteiger partial charge on any atom is -0.508 e. The predicted octanol–water partition coefficient (Wildman–Crippen LogP) is 4.01. The molecule has 0 heterocycles. The fraction of sp³-hybridized carbons (Fsp3) is 0.0667. The van der Waals surface area contributed by atoms with Crippen molar-refractivity contribution >= 4 is 6.08 Å². The Hall–Kier alpha value is -2.02. The van der Waals surface area contributed by atoms with Crippen LogP contribution in [0.3, 0.4) is 0 Å². The molecule has 0 spiro atoms. The van der Waals surface area contributed by atoms with Gasteiger partial charge in [0.05, 0.1) is 0 Å². The van der Waals surface area contributed by atoms with Crippen LogP contribution in [-0.4, -0.2) is 5.11 Å². The van der Waals surface area contributed by atoms with E-state index in [0.29, 0.717) is 0 Å². The van der Waals surface area contributed by atoms with E-state index in [1.807, 2.05) is 31.2 Å². The van der Waals surface area contributed by atoms with Crippen molar-refractivity contribution in [3.05, 3.63) is 72.4 Å². The van der Waals surface area contributed by atoms with Gasteiger partial charge < -0.3 is 5.11 Å². The van der Waals surface area contributed by atoms with E-state index in [1.54, 1.807) is 24.3 Å². The lowest BCUT2D eigenvalue weighted by Gasteiger charge is -2.01. The van der Waals surface area contributed by atoms with Crippen molar-refractivity contribution in [1.82, 2.24) is 0 Å². The number of aromatic hydroxyl groups is 1. The average Bonchev–Trinajstić information content (AvgIpc) is 2.28. The molecule has 1 heteroatoms. The van der Waals surface area contributed by atoms with Crippen molar-refractivity contribution in [2.75, 3.05) is 0 Å². The van der Waals surface area contributed by atoms with Crippen molar-refractivity contribution in [1.29, 1.82) is 0 Å². The highest BCUT2D eigenvalue weighted by atomic mass is 16.3. The van der Waals surface area contributed by atoms with E-state index < -0.39 is 0 Å². The quantitative estimate of drug-likeness (QED) is 0.747. The van der Waals surface area contributed by atoms with Crippen molar-refractivity contribution in [3.8, 4) is 5.75 Å². The Morgan fingerprint density at radius 2 is 2.06 bits per heavy atom. The van der Waals surface area contributed by atoms with Gasteiger partial charge in [0.2, 0.25) is 0 Å². The van der Waals surface area contributed by atoms with Crippen LogP contribution in [0, 0.1) is 6.92 Å². The van der Waals surface area contributed by atoms with Gasteiger partial charge in [-0.3, -0.25) is 0 Å². The van der Waals surface area contributed by atoms with Gasteiger partial charge in [-0.1, -0.05) is 49.6 Å². The molecule has 0 aromatic heterocycles. The largest absolute Gasteiger partial charge is 0.508 e. The molecule has 0 bridgehead atoms. The molecule has 0 unspecified atom stereocenters. The minimum absolute atomic E-state index is 0.276. The number of hydrogen-bond donors (Lipinski definition) is 1. The van der Waals surface area contributed by atoms with E-state index in [4.69, 9.17) is 0 Å². The van der Waals surface area contributed by atoms with Gasteiger partial charge in [0, 0.05) is 0 Å². The molecule has 1 aromatic rings. The Morgan fingerprint density at radius 3 is 2.69 bits per heavy atom. The second-order valence-corrected chi connectivity index (χ2v) is 3.48. The zero-order valence-corrected chi connectivity index (χ0v) is 9.48. The number of aryl methyl sites for hydroxylation is 1. The highest BCUT2D eigenvalue weighted by Gasteiger charge is 1.95. The third-order valence-electron chi connectivity index (χ3n) is 2.26. The Kier molecular flexibility index (Phi) is 4.34. The minimum atomic E-state index is 0.276. The van der Waals surface area contributed by atoms with Crippen LogP contribution in [0.2, 0.25) is 0 Å². The van der Waals surface area contributed by atoms with Gasteiger partial charge in [-0.15, -0.1) is 0 Å². The van der Waals surface area contributed by atoms with Crippen molar-refractivity contribution in [2.45, 2.75) is 6.92 Å². The molecule has 16 heavy (non-hydrogen) atoms. The van der Waals surface area contributed by atoms with Crippen LogP contribution in [0.15, 0.2) is 61.2 Å². The molecule has 1 rings (SSSR count). The van der Waals surface area contributed by atoms with Crippen LogP contribution in [0.4, 0.5) is 0 Å². The normalized spacial score (nSPS) is 11.7. The first-order valence-corrected chi connectivity index (χ1v) is 5.10.